The summed E-state index contributed by atoms with van der Waals surface area (Å²) in [6.07, 6.45) is 0.764. The molecule has 0 fully saturated rings. The van der Waals surface area contributed by atoms with Crippen molar-refractivity contribution in [3.8, 4) is 11.5 Å². The molecule has 0 aliphatic heterocycles. The summed E-state index contributed by atoms with van der Waals surface area (Å²) >= 11 is 3.39. The van der Waals surface area contributed by atoms with Gasteiger partial charge in [-0.25, -0.2) is 0 Å². The van der Waals surface area contributed by atoms with Crippen LogP contribution in [0.2, 0.25) is 0 Å². The van der Waals surface area contributed by atoms with E-state index in [1.54, 1.807) is 26.4 Å². The summed E-state index contributed by atoms with van der Waals surface area (Å²) in [7, 11) is 3.10. The zero-order chi connectivity index (χ0) is 18.9. The molecular formula is C20H24BrNO4. The van der Waals surface area contributed by atoms with Crippen LogP contribution in [0, 0.1) is 0 Å². The Bertz CT molecular complexity index is 696. The number of halogens is 1. The van der Waals surface area contributed by atoms with Gasteiger partial charge in [-0.3, -0.25) is 4.79 Å². The highest BCUT2D eigenvalue weighted by Crippen LogP contribution is 2.35. The van der Waals surface area contributed by atoms with Crippen molar-refractivity contribution in [1.29, 1.82) is 0 Å². The molecule has 1 atom stereocenters. The number of methoxy groups -OCH3 is 2. The molecule has 0 spiro atoms. The number of hydrogen-bond donors (Lipinski definition) is 1. The highest BCUT2D eigenvalue weighted by molar-refractivity contribution is 9.10. The van der Waals surface area contributed by atoms with Gasteiger partial charge >= 0.3 is 0 Å². The van der Waals surface area contributed by atoms with Crippen LogP contribution in [0.4, 0.5) is 0 Å². The number of benzene rings is 2. The zero-order valence-electron chi connectivity index (χ0n) is 15.3. The van der Waals surface area contributed by atoms with E-state index in [0.29, 0.717) is 34.7 Å². The maximum Gasteiger partial charge on any atom is 0.251 e. The Balaban J connectivity index is 1.80. The average Bonchev–Trinajstić information content (AvgIpc) is 2.68. The summed E-state index contributed by atoms with van der Waals surface area (Å²) in [5.41, 5.74) is 1.63. The van der Waals surface area contributed by atoms with Crippen LogP contribution in [0.1, 0.15) is 35.4 Å². The number of nitrogens with one attached hydrogen (secondary N) is 1. The molecule has 140 valence electrons. The normalized spacial score (nSPS) is 11.7. The van der Waals surface area contributed by atoms with E-state index in [4.69, 9.17) is 14.2 Å². The number of carbonyl (C=O) groups excluding carboxylic acids is 1. The van der Waals surface area contributed by atoms with E-state index in [1.807, 2.05) is 37.3 Å². The Morgan fingerprint density at radius 2 is 1.73 bits per heavy atom. The summed E-state index contributed by atoms with van der Waals surface area (Å²) in [5, 5.41) is 2.89. The molecule has 1 N–H and O–H groups in total. The minimum absolute atomic E-state index is 0.0342. The van der Waals surface area contributed by atoms with Crippen LogP contribution in [-0.2, 0) is 4.74 Å². The number of carbonyl (C=O) groups is 1. The van der Waals surface area contributed by atoms with E-state index in [1.165, 1.54) is 0 Å². The van der Waals surface area contributed by atoms with Gasteiger partial charge in [-0.15, -0.1) is 0 Å². The Labute approximate surface area is 162 Å². The van der Waals surface area contributed by atoms with E-state index in [0.717, 1.165) is 12.0 Å². The maximum absolute atomic E-state index is 12.3. The van der Waals surface area contributed by atoms with E-state index >= 15 is 0 Å². The Hall–Kier alpha value is -2.05. The Kier molecular flexibility index (Phi) is 7.94. The minimum atomic E-state index is -0.176. The third-order valence-electron chi connectivity index (χ3n) is 3.95. The van der Waals surface area contributed by atoms with E-state index < -0.39 is 0 Å². The van der Waals surface area contributed by atoms with Crippen molar-refractivity contribution in [3.63, 3.8) is 0 Å². The third kappa shape index (κ3) is 5.47. The van der Waals surface area contributed by atoms with Crippen LogP contribution in [-0.4, -0.2) is 33.3 Å². The molecular weight excluding hydrogens is 398 g/mol. The van der Waals surface area contributed by atoms with E-state index in [2.05, 4.69) is 21.2 Å². The summed E-state index contributed by atoms with van der Waals surface area (Å²) < 4.78 is 17.0. The van der Waals surface area contributed by atoms with Crippen molar-refractivity contribution in [2.75, 3.05) is 27.4 Å². The SMILES string of the molecule is COc1cc(C(=O)NCCCO[C@H](C)c2ccccc2)cc(OC)c1Br. The van der Waals surface area contributed by atoms with Gasteiger partial charge < -0.3 is 19.5 Å². The summed E-state index contributed by atoms with van der Waals surface area (Å²) in [6.45, 7) is 3.12. The molecule has 0 radical (unpaired) electrons. The van der Waals surface area contributed by atoms with Crippen molar-refractivity contribution in [2.45, 2.75) is 19.4 Å². The maximum atomic E-state index is 12.3. The lowest BCUT2D eigenvalue weighted by atomic mass is 10.1. The largest absolute Gasteiger partial charge is 0.495 e. The third-order valence-corrected chi connectivity index (χ3v) is 4.73. The molecule has 0 heterocycles. The fourth-order valence-electron chi connectivity index (χ4n) is 2.46. The average molecular weight is 422 g/mol. The molecule has 0 saturated carbocycles. The van der Waals surface area contributed by atoms with Crippen LogP contribution < -0.4 is 14.8 Å². The second-order valence-corrected chi connectivity index (χ2v) is 6.52. The van der Waals surface area contributed by atoms with Gasteiger partial charge in [-0.05, 0) is 47.0 Å². The van der Waals surface area contributed by atoms with Gasteiger partial charge in [0.25, 0.3) is 5.91 Å². The zero-order valence-corrected chi connectivity index (χ0v) is 16.8. The van der Waals surface area contributed by atoms with Crippen molar-refractivity contribution in [2.24, 2.45) is 0 Å². The molecule has 5 nitrogen and oxygen atoms in total. The molecule has 0 saturated heterocycles. The Morgan fingerprint density at radius 3 is 2.31 bits per heavy atom. The topological polar surface area (TPSA) is 56.8 Å². The molecule has 0 aliphatic carbocycles. The van der Waals surface area contributed by atoms with Crippen molar-refractivity contribution in [1.82, 2.24) is 5.32 Å². The van der Waals surface area contributed by atoms with Gasteiger partial charge in [0.2, 0.25) is 0 Å². The lowest BCUT2D eigenvalue weighted by Crippen LogP contribution is -2.25. The van der Waals surface area contributed by atoms with Crippen LogP contribution >= 0.6 is 15.9 Å². The highest BCUT2D eigenvalue weighted by atomic mass is 79.9. The molecule has 0 unspecified atom stereocenters. The van der Waals surface area contributed by atoms with Gasteiger partial charge in [-0.2, -0.15) is 0 Å². The summed E-state index contributed by atoms with van der Waals surface area (Å²) in [6, 6.07) is 13.4. The second-order valence-electron chi connectivity index (χ2n) is 5.73. The molecule has 2 rings (SSSR count). The summed E-state index contributed by atoms with van der Waals surface area (Å²) in [4.78, 5) is 12.3. The quantitative estimate of drug-likeness (QED) is 0.610. The first-order valence-electron chi connectivity index (χ1n) is 8.43. The predicted octanol–water partition coefficient (Wildman–Crippen LogP) is 4.36. The molecule has 0 aliphatic rings. The fourth-order valence-corrected chi connectivity index (χ4v) is 3.01. The standard InChI is InChI=1S/C20H24BrNO4/c1-14(15-8-5-4-6-9-15)26-11-7-10-22-20(23)16-12-17(24-2)19(21)18(13-16)25-3/h4-6,8-9,12-14H,7,10-11H2,1-3H3,(H,22,23)/t14-/m1/s1. The lowest BCUT2D eigenvalue weighted by Gasteiger charge is -2.14. The first-order valence-corrected chi connectivity index (χ1v) is 9.22. The lowest BCUT2D eigenvalue weighted by molar-refractivity contribution is 0.0635. The summed E-state index contributed by atoms with van der Waals surface area (Å²) in [5.74, 6) is 0.925. The van der Waals surface area contributed by atoms with Crippen LogP contribution in [0.5, 0.6) is 11.5 Å². The number of hydrogen-bond acceptors (Lipinski definition) is 4. The van der Waals surface area contributed by atoms with Crippen molar-refractivity contribution < 1.29 is 19.0 Å². The van der Waals surface area contributed by atoms with E-state index in [-0.39, 0.29) is 12.0 Å². The van der Waals surface area contributed by atoms with Gasteiger partial charge in [0.1, 0.15) is 16.0 Å². The molecule has 6 heteroatoms. The van der Waals surface area contributed by atoms with Gasteiger partial charge in [-0.1, -0.05) is 30.3 Å². The monoisotopic (exact) mass is 421 g/mol. The molecule has 0 bridgehead atoms. The van der Waals surface area contributed by atoms with Gasteiger partial charge in [0.15, 0.2) is 0 Å². The Morgan fingerprint density at radius 1 is 1.12 bits per heavy atom. The number of rotatable bonds is 9. The predicted molar refractivity (Wildman–Crippen MR) is 105 cm³/mol. The molecule has 0 aromatic heterocycles. The molecule has 1 amide bonds. The molecule has 2 aromatic carbocycles. The highest BCUT2D eigenvalue weighted by Gasteiger charge is 2.14. The number of amides is 1. The molecule has 2 aromatic rings. The van der Waals surface area contributed by atoms with Gasteiger partial charge in [0, 0.05) is 18.7 Å². The van der Waals surface area contributed by atoms with Gasteiger partial charge in [0.05, 0.1) is 20.3 Å². The van der Waals surface area contributed by atoms with Crippen LogP contribution in [0.25, 0.3) is 0 Å². The smallest absolute Gasteiger partial charge is 0.251 e. The second kappa shape index (κ2) is 10.2. The van der Waals surface area contributed by atoms with Crippen LogP contribution in [0.15, 0.2) is 46.9 Å². The minimum Gasteiger partial charge on any atom is -0.495 e. The van der Waals surface area contributed by atoms with Crippen LogP contribution in [0.3, 0.4) is 0 Å². The number of ether oxygens (including phenoxy) is 3. The molecule has 26 heavy (non-hydrogen) atoms. The van der Waals surface area contributed by atoms with Crippen molar-refractivity contribution >= 4 is 21.8 Å². The van der Waals surface area contributed by atoms with E-state index in [9.17, 15) is 4.79 Å². The first kappa shape index (κ1) is 20.3. The first-order chi connectivity index (χ1) is 12.6. The fraction of sp³-hybridized carbons (Fsp3) is 0.350. The van der Waals surface area contributed by atoms with Crippen molar-refractivity contribution in [3.05, 3.63) is 58.1 Å².